The van der Waals surface area contributed by atoms with Crippen molar-refractivity contribution in [2.45, 2.75) is 26.9 Å². The molecule has 0 bridgehead atoms. The van der Waals surface area contributed by atoms with E-state index in [-0.39, 0.29) is 4.87 Å². The first-order valence-corrected chi connectivity index (χ1v) is 6.84. The van der Waals surface area contributed by atoms with Crippen LogP contribution >= 0.6 is 11.3 Å². The van der Waals surface area contributed by atoms with Gasteiger partial charge in [0.15, 0.2) is 5.65 Å². The number of nitrogen functional groups attached to an aromatic ring is 1. The van der Waals surface area contributed by atoms with E-state index in [4.69, 9.17) is 5.73 Å². The molecule has 0 fully saturated rings. The van der Waals surface area contributed by atoms with E-state index in [1.807, 2.05) is 23.1 Å². The van der Waals surface area contributed by atoms with Crippen LogP contribution in [0.5, 0.6) is 0 Å². The van der Waals surface area contributed by atoms with Crippen molar-refractivity contribution in [3.63, 3.8) is 0 Å². The van der Waals surface area contributed by atoms with Crippen molar-refractivity contribution < 1.29 is 0 Å². The van der Waals surface area contributed by atoms with Crippen molar-refractivity contribution in [3.05, 3.63) is 26.4 Å². The maximum atomic E-state index is 11.2. The van der Waals surface area contributed by atoms with Gasteiger partial charge >= 0.3 is 4.87 Å². The van der Waals surface area contributed by atoms with Gasteiger partial charge in [0.1, 0.15) is 5.52 Å². The molecule has 0 radical (unpaired) electrons. The van der Waals surface area contributed by atoms with Gasteiger partial charge in [-0.15, -0.1) is 0 Å². The molecule has 7 nitrogen and oxygen atoms in total. The minimum Gasteiger partial charge on any atom is -0.369 e. The Morgan fingerprint density at radius 2 is 2.32 bits per heavy atom. The van der Waals surface area contributed by atoms with E-state index in [0.29, 0.717) is 12.5 Å². The Morgan fingerprint density at radius 1 is 1.53 bits per heavy atom. The normalized spacial score (nSPS) is 11.5. The Labute approximate surface area is 112 Å². The van der Waals surface area contributed by atoms with Crippen LogP contribution in [0, 0.1) is 6.92 Å². The standard InChI is InChI=1S/C11H14N6OS/c1-3-17-9-8(6(2)15-17)14-10(12)16(9)4-7-5-19-11(18)13-7/h5H,3-4H2,1-2H3,(H2,12,14)(H,13,18). The number of H-pyrrole nitrogens is 1. The van der Waals surface area contributed by atoms with Crippen molar-refractivity contribution in [2.24, 2.45) is 0 Å². The number of aromatic nitrogens is 5. The molecule has 3 heterocycles. The number of rotatable bonds is 3. The molecule has 0 saturated heterocycles. The highest BCUT2D eigenvalue weighted by molar-refractivity contribution is 7.07. The summed E-state index contributed by atoms with van der Waals surface area (Å²) in [5.41, 5.74) is 9.36. The minimum atomic E-state index is -0.0647. The highest BCUT2D eigenvalue weighted by Gasteiger charge is 2.17. The molecule has 3 aromatic rings. The van der Waals surface area contributed by atoms with Crippen molar-refractivity contribution >= 4 is 28.4 Å². The zero-order valence-electron chi connectivity index (χ0n) is 10.7. The van der Waals surface area contributed by atoms with Crippen LogP contribution in [-0.4, -0.2) is 24.3 Å². The van der Waals surface area contributed by atoms with E-state index >= 15 is 0 Å². The average Bonchev–Trinajstić information content (AvgIpc) is 3.00. The fraction of sp³-hybridized carbons (Fsp3) is 0.364. The molecule has 19 heavy (non-hydrogen) atoms. The first-order valence-electron chi connectivity index (χ1n) is 5.96. The number of thiazole rings is 1. The van der Waals surface area contributed by atoms with Crippen LogP contribution in [0.3, 0.4) is 0 Å². The van der Waals surface area contributed by atoms with Crippen LogP contribution < -0.4 is 10.6 Å². The fourth-order valence-corrected chi connectivity index (χ4v) is 2.75. The number of anilines is 1. The number of hydrogen-bond acceptors (Lipinski definition) is 5. The van der Waals surface area contributed by atoms with Gasteiger partial charge in [0.2, 0.25) is 5.95 Å². The van der Waals surface area contributed by atoms with Gasteiger partial charge in [-0.25, -0.2) is 9.67 Å². The van der Waals surface area contributed by atoms with Crippen LogP contribution in [-0.2, 0) is 13.1 Å². The van der Waals surface area contributed by atoms with Gasteiger partial charge in [-0.1, -0.05) is 11.3 Å². The zero-order chi connectivity index (χ0) is 13.6. The molecule has 100 valence electrons. The second kappa shape index (κ2) is 4.23. The first kappa shape index (κ1) is 12.0. The number of nitrogens with one attached hydrogen (secondary N) is 1. The quantitative estimate of drug-likeness (QED) is 0.745. The van der Waals surface area contributed by atoms with E-state index in [1.54, 1.807) is 5.38 Å². The monoisotopic (exact) mass is 278 g/mol. The molecule has 0 aromatic carbocycles. The smallest absolute Gasteiger partial charge is 0.304 e. The van der Waals surface area contributed by atoms with Crippen molar-refractivity contribution in [1.29, 1.82) is 0 Å². The number of imidazole rings is 1. The maximum Gasteiger partial charge on any atom is 0.304 e. The molecule has 0 amide bonds. The SMILES string of the molecule is CCn1nc(C)c2nc(N)n(Cc3csc(=O)[nH]3)c21. The summed E-state index contributed by atoms with van der Waals surface area (Å²) >= 11 is 1.14. The predicted molar refractivity (Wildman–Crippen MR) is 74.4 cm³/mol. The van der Waals surface area contributed by atoms with Gasteiger partial charge in [0.05, 0.1) is 12.2 Å². The Bertz CT molecular complexity index is 792. The second-order valence-corrected chi connectivity index (χ2v) is 5.15. The average molecular weight is 278 g/mol. The van der Waals surface area contributed by atoms with Crippen molar-refractivity contribution in [3.8, 4) is 0 Å². The van der Waals surface area contributed by atoms with E-state index in [9.17, 15) is 4.79 Å². The molecule has 0 aliphatic rings. The van der Waals surface area contributed by atoms with Crippen LogP contribution in [0.15, 0.2) is 10.2 Å². The molecule has 0 spiro atoms. The summed E-state index contributed by atoms with van der Waals surface area (Å²) in [4.78, 5) is 18.3. The minimum absolute atomic E-state index is 0.0647. The lowest BCUT2D eigenvalue weighted by Gasteiger charge is -2.06. The first-order chi connectivity index (χ1) is 9.10. The van der Waals surface area contributed by atoms with E-state index in [0.717, 1.165) is 40.4 Å². The van der Waals surface area contributed by atoms with Crippen LogP contribution in [0.1, 0.15) is 18.3 Å². The lowest BCUT2D eigenvalue weighted by molar-refractivity contribution is 0.646. The van der Waals surface area contributed by atoms with Gasteiger partial charge in [-0.3, -0.25) is 9.36 Å². The summed E-state index contributed by atoms with van der Waals surface area (Å²) in [6.45, 7) is 5.17. The maximum absolute atomic E-state index is 11.2. The van der Waals surface area contributed by atoms with Gasteiger partial charge in [0, 0.05) is 17.6 Å². The molecule has 0 saturated carbocycles. The van der Waals surface area contributed by atoms with E-state index in [2.05, 4.69) is 15.1 Å². The highest BCUT2D eigenvalue weighted by atomic mass is 32.1. The Hall–Kier alpha value is -2.09. The molecule has 0 unspecified atom stereocenters. The number of nitrogens with zero attached hydrogens (tertiary/aromatic N) is 4. The predicted octanol–water partition coefficient (Wildman–Crippen LogP) is 0.941. The third kappa shape index (κ3) is 1.84. The molecule has 3 N–H and O–H groups in total. The number of fused-ring (bicyclic) bond motifs is 1. The van der Waals surface area contributed by atoms with Crippen LogP contribution in [0.4, 0.5) is 5.95 Å². The Morgan fingerprint density at radius 3 is 2.95 bits per heavy atom. The molecule has 8 heteroatoms. The Kier molecular flexibility index (Phi) is 2.67. The number of nitrogens with two attached hydrogens (primary N) is 1. The number of aryl methyl sites for hydroxylation is 2. The summed E-state index contributed by atoms with van der Waals surface area (Å²) < 4.78 is 3.75. The van der Waals surface area contributed by atoms with E-state index in [1.165, 1.54) is 0 Å². The van der Waals surface area contributed by atoms with Gasteiger partial charge in [0.25, 0.3) is 0 Å². The third-order valence-corrected chi connectivity index (χ3v) is 3.75. The molecule has 0 atom stereocenters. The summed E-state index contributed by atoms with van der Waals surface area (Å²) in [6.07, 6.45) is 0. The van der Waals surface area contributed by atoms with E-state index < -0.39 is 0 Å². The zero-order valence-corrected chi connectivity index (χ0v) is 11.5. The molecule has 3 rings (SSSR count). The molecule has 3 aromatic heterocycles. The largest absolute Gasteiger partial charge is 0.369 e. The van der Waals surface area contributed by atoms with Crippen molar-refractivity contribution in [1.82, 2.24) is 24.3 Å². The second-order valence-electron chi connectivity index (χ2n) is 4.30. The molecule has 0 aliphatic heterocycles. The summed E-state index contributed by atoms with van der Waals surface area (Å²) in [6, 6.07) is 0. The van der Waals surface area contributed by atoms with Gasteiger partial charge in [-0.2, -0.15) is 5.10 Å². The summed E-state index contributed by atoms with van der Waals surface area (Å²) in [5.74, 6) is 0.435. The molecule has 0 aliphatic carbocycles. The topological polar surface area (TPSA) is 94.5 Å². The van der Waals surface area contributed by atoms with Gasteiger partial charge < -0.3 is 10.7 Å². The highest BCUT2D eigenvalue weighted by Crippen LogP contribution is 2.21. The van der Waals surface area contributed by atoms with Crippen molar-refractivity contribution in [2.75, 3.05) is 5.73 Å². The molecular formula is C11H14N6OS. The van der Waals surface area contributed by atoms with Crippen LogP contribution in [0.2, 0.25) is 0 Å². The lowest BCUT2D eigenvalue weighted by Crippen LogP contribution is -2.10. The molecular weight excluding hydrogens is 264 g/mol. The number of aromatic amines is 1. The third-order valence-electron chi connectivity index (χ3n) is 3.03. The fourth-order valence-electron chi connectivity index (χ4n) is 2.18. The van der Waals surface area contributed by atoms with Crippen LogP contribution in [0.25, 0.3) is 11.2 Å². The summed E-state index contributed by atoms with van der Waals surface area (Å²) in [7, 11) is 0. The number of hydrogen-bond donors (Lipinski definition) is 2. The lowest BCUT2D eigenvalue weighted by atomic mass is 10.4. The van der Waals surface area contributed by atoms with Gasteiger partial charge in [-0.05, 0) is 13.8 Å². The summed E-state index contributed by atoms with van der Waals surface area (Å²) in [5, 5.41) is 6.22. The Balaban J connectivity index is 2.16.